The van der Waals surface area contributed by atoms with Gasteiger partial charge in [0, 0.05) is 31.7 Å². The van der Waals surface area contributed by atoms with E-state index in [1.165, 1.54) is 25.7 Å². The van der Waals surface area contributed by atoms with Gasteiger partial charge in [-0.2, -0.15) is 0 Å². The lowest BCUT2D eigenvalue weighted by atomic mass is 10.2. The third-order valence-electron chi connectivity index (χ3n) is 3.95. The number of ether oxygens (including phenoxy) is 1. The number of amides is 1. The van der Waals surface area contributed by atoms with Crippen LogP contribution in [-0.4, -0.2) is 45.2 Å². The summed E-state index contributed by atoms with van der Waals surface area (Å²) in [6.07, 6.45) is 4.97. The van der Waals surface area contributed by atoms with Crippen LogP contribution in [0.1, 0.15) is 36.0 Å². The smallest absolute Gasteiger partial charge is 0.251 e. The SMILES string of the molecule is CN=C(NCCNC(=O)c1cccc(OC)c1)NC1CCCC1.I. The third kappa shape index (κ3) is 6.54. The number of nitrogens with one attached hydrogen (secondary N) is 3. The van der Waals surface area contributed by atoms with Crippen LogP contribution in [0.2, 0.25) is 0 Å². The summed E-state index contributed by atoms with van der Waals surface area (Å²) in [5.41, 5.74) is 0.595. The molecule has 6 nitrogen and oxygen atoms in total. The van der Waals surface area contributed by atoms with E-state index in [0.29, 0.717) is 30.4 Å². The fraction of sp³-hybridized carbons (Fsp3) is 0.529. The molecule has 24 heavy (non-hydrogen) atoms. The molecule has 0 aliphatic heterocycles. The van der Waals surface area contributed by atoms with Crippen LogP contribution in [0.25, 0.3) is 0 Å². The number of carbonyl (C=O) groups is 1. The standard InChI is InChI=1S/C17H26N4O2.HI/c1-18-17(21-14-7-3-4-8-14)20-11-10-19-16(22)13-6-5-9-15(12-13)23-2;/h5-6,9,12,14H,3-4,7-8,10-11H2,1-2H3,(H,19,22)(H2,18,20,21);1H. The molecule has 0 unspecified atom stereocenters. The van der Waals surface area contributed by atoms with Crippen LogP contribution in [0.3, 0.4) is 0 Å². The molecule has 1 aliphatic rings. The molecule has 1 fully saturated rings. The van der Waals surface area contributed by atoms with Gasteiger partial charge in [0.2, 0.25) is 0 Å². The first kappa shape index (κ1) is 20.5. The second-order valence-corrected chi connectivity index (χ2v) is 5.61. The van der Waals surface area contributed by atoms with E-state index in [4.69, 9.17) is 4.74 Å². The predicted octanol–water partition coefficient (Wildman–Crippen LogP) is 2.15. The maximum absolute atomic E-state index is 12.1. The minimum atomic E-state index is -0.107. The summed E-state index contributed by atoms with van der Waals surface area (Å²) in [4.78, 5) is 16.3. The van der Waals surface area contributed by atoms with Crippen LogP contribution < -0.4 is 20.7 Å². The van der Waals surface area contributed by atoms with E-state index in [1.54, 1.807) is 32.4 Å². The molecule has 3 N–H and O–H groups in total. The molecular weight excluding hydrogens is 419 g/mol. The summed E-state index contributed by atoms with van der Waals surface area (Å²) < 4.78 is 5.12. The molecule has 7 heteroatoms. The molecule has 0 saturated heterocycles. The van der Waals surface area contributed by atoms with E-state index < -0.39 is 0 Å². The molecule has 1 saturated carbocycles. The van der Waals surface area contributed by atoms with Crippen molar-refractivity contribution in [1.82, 2.24) is 16.0 Å². The topological polar surface area (TPSA) is 74.8 Å². The monoisotopic (exact) mass is 446 g/mol. The first-order valence-electron chi connectivity index (χ1n) is 8.12. The second-order valence-electron chi connectivity index (χ2n) is 5.61. The highest BCUT2D eigenvalue weighted by molar-refractivity contribution is 14.0. The molecule has 1 aromatic carbocycles. The van der Waals surface area contributed by atoms with E-state index >= 15 is 0 Å². The fourth-order valence-electron chi connectivity index (χ4n) is 2.68. The van der Waals surface area contributed by atoms with Gasteiger partial charge in [-0.05, 0) is 31.0 Å². The second kappa shape index (κ2) is 11.1. The zero-order chi connectivity index (χ0) is 16.5. The molecule has 1 aromatic rings. The Kier molecular flexibility index (Phi) is 9.51. The first-order chi connectivity index (χ1) is 11.2. The van der Waals surface area contributed by atoms with Gasteiger partial charge in [-0.25, -0.2) is 0 Å². The predicted molar refractivity (Wildman–Crippen MR) is 107 cm³/mol. The molecule has 2 rings (SSSR count). The molecule has 0 heterocycles. The molecule has 1 amide bonds. The Hall–Kier alpha value is -1.51. The number of aliphatic imine (C=N–C) groups is 1. The number of rotatable bonds is 6. The summed E-state index contributed by atoms with van der Waals surface area (Å²) in [7, 11) is 3.35. The number of hydrogen-bond donors (Lipinski definition) is 3. The van der Waals surface area contributed by atoms with Gasteiger partial charge in [0.15, 0.2) is 5.96 Å². The minimum absolute atomic E-state index is 0. The normalized spacial score (nSPS) is 14.7. The van der Waals surface area contributed by atoms with E-state index in [0.717, 1.165) is 5.96 Å². The summed E-state index contributed by atoms with van der Waals surface area (Å²) in [5, 5.41) is 9.52. The van der Waals surface area contributed by atoms with Crippen LogP contribution >= 0.6 is 24.0 Å². The molecular formula is C17H27IN4O2. The number of benzene rings is 1. The van der Waals surface area contributed by atoms with E-state index in [-0.39, 0.29) is 29.9 Å². The van der Waals surface area contributed by atoms with Gasteiger partial charge in [-0.1, -0.05) is 18.9 Å². The quantitative estimate of drug-likeness (QED) is 0.271. The molecule has 0 atom stereocenters. The summed E-state index contributed by atoms with van der Waals surface area (Å²) in [6.45, 7) is 1.16. The fourth-order valence-corrected chi connectivity index (χ4v) is 2.68. The highest BCUT2D eigenvalue weighted by atomic mass is 127. The number of halogens is 1. The van der Waals surface area contributed by atoms with Crippen molar-refractivity contribution in [2.24, 2.45) is 4.99 Å². The van der Waals surface area contributed by atoms with Gasteiger partial charge >= 0.3 is 0 Å². The average Bonchev–Trinajstić information content (AvgIpc) is 3.10. The van der Waals surface area contributed by atoms with E-state index in [1.807, 2.05) is 6.07 Å². The summed E-state index contributed by atoms with van der Waals surface area (Å²) >= 11 is 0. The van der Waals surface area contributed by atoms with Crippen molar-refractivity contribution in [2.75, 3.05) is 27.2 Å². The Morgan fingerprint density at radius 2 is 1.96 bits per heavy atom. The van der Waals surface area contributed by atoms with Crippen molar-refractivity contribution in [1.29, 1.82) is 0 Å². The van der Waals surface area contributed by atoms with Crippen LogP contribution in [0.15, 0.2) is 29.3 Å². The Labute approximate surface area is 160 Å². The molecule has 0 aromatic heterocycles. The first-order valence-corrected chi connectivity index (χ1v) is 8.12. The Morgan fingerprint density at radius 1 is 1.25 bits per heavy atom. The molecule has 1 aliphatic carbocycles. The summed E-state index contributed by atoms with van der Waals surface area (Å²) in [6, 6.07) is 7.64. The van der Waals surface area contributed by atoms with Gasteiger partial charge in [0.1, 0.15) is 5.75 Å². The molecule has 134 valence electrons. The van der Waals surface area contributed by atoms with Crippen LogP contribution in [0.5, 0.6) is 5.75 Å². The lowest BCUT2D eigenvalue weighted by molar-refractivity contribution is 0.0954. The maximum atomic E-state index is 12.1. The van der Waals surface area contributed by atoms with Gasteiger partial charge < -0.3 is 20.7 Å². The zero-order valence-electron chi connectivity index (χ0n) is 14.3. The zero-order valence-corrected chi connectivity index (χ0v) is 16.6. The number of methoxy groups -OCH3 is 1. The van der Waals surface area contributed by atoms with Crippen molar-refractivity contribution < 1.29 is 9.53 Å². The van der Waals surface area contributed by atoms with Gasteiger partial charge in [0.25, 0.3) is 5.91 Å². The minimum Gasteiger partial charge on any atom is -0.497 e. The van der Waals surface area contributed by atoms with Crippen molar-refractivity contribution in [2.45, 2.75) is 31.7 Å². The number of guanidine groups is 1. The lowest BCUT2D eigenvalue weighted by Crippen LogP contribution is -2.44. The van der Waals surface area contributed by atoms with Crippen LogP contribution in [0.4, 0.5) is 0 Å². The summed E-state index contributed by atoms with van der Waals surface area (Å²) in [5.74, 6) is 1.37. The molecule has 0 radical (unpaired) electrons. The Morgan fingerprint density at radius 3 is 2.62 bits per heavy atom. The van der Waals surface area contributed by atoms with Crippen LogP contribution in [-0.2, 0) is 0 Å². The van der Waals surface area contributed by atoms with Crippen molar-refractivity contribution in [3.05, 3.63) is 29.8 Å². The van der Waals surface area contributed by atoms with Crippen molar-refractivity contribution >= 4 is 35.8 Å². The largest absolute Gasteiger partial charge is 0.497 e. The number of hydrogen-bond acceptors (Lipinski definition) is 3. The number of nitrogens with zero attached hydrogens (tertiary/aromatic N) is 1. The van der Waals surface area contributed by atoms with Gasteiger partial charge in [-0.15, -0.1) is 24.0 Å². The lowest BCUT2D eigenvalue weighted by Gasteiger charge is -2.17. The highest BCUT2D eigenvalue weighted by Crippen LogP contribution is 2.17. The number of carbonyl (C=O) groups excluding carboxylic acids is 1. The highest BCUT2D eigenvalue weighted by Gasteiger charge is 2.15. The van der Waals surface area contributed by atoms with Gasteiger partial charge in [-0.3, -0.25) is 9.79 Å². The Bertz CT molecular complexity index is 545. The Balaban J connectivity index is 0.00000288. The van der Waals surface area contributed by atoms with E-state index in [2.05, 4.69) is 20.9 Å². The van der Waals surface area contributed by atoms with Crippen LogP contribution in [0, 0.1) is 0 Å². The average molecular weight is 446 g/mol. The van der Waals surface area contributed by atoms with Crippen molar-refractivity contribution in [3.8, 4) is 5.75 Å². The maximum Gasteiger partial charge on any atom is 0.251 e. The third-order valence-corrected chi connectivity index (χ3v) is 3.95. The van der Waals surface area contributed by atoms with E-state index in [9.17, 15) is 4.79 Å². The van der Waals surface area contributed by atoms with Crippen molar-refractivity contribution in [3.63, 3.8) is 0 Å². The molecule has 0 spiro atoms. The van der Waals surface area contributed by atoms with Gasteiger partial charge in [0.05, 0.1) is 7.11 Å². The molecule has 0 bridgehead atoms.